The van der Waals surface area contributed by atoms with Crippen LogP contribution >= 0.6 is 0 Å². The number of nitrogens with zero attached hydrogens (tertiary/aromatic N) is 2. The minimum atomic E-state index is -2.37. The summed E-state index contributed by atoms with van der Waals surface area (Å²) in [6.07, 6.45) is -4.37. The Morgan fingerprint density at radius 2 is 1.57 bits per heavy atom. The van der Waals surface area contributed by atoms with Crippen LogP contribution in [0.3, 0.4) is 0 Å². The number of rotatable bonds is 11. The van der Waals surface area contributed by atoms with Crippen molar-refractivity contribution >= 4 is 74.9 Å². The van der Waals surface area contributed by atoms with Gasteiger partial charge in [-0.2, -0.15) is 0 Å². The maximum atomic E-state index is 14.9. The van der Waals surface area contributed by atoms with E-state index in [0.29, 0.717) is 29.6 Å². The zero-order chi connectivity index (χ0) is 53.4. The minimum absolute atomic E-state index is 0.106. The molecule has 5 rings (SSSR count). The average molecular weight is 1030 g/mol. The quantitative estimate of drug-likeness (QED) is 0.101. The number of aliphatic hydroxyl groups is 3. The maximum absolute atomic E-state index is 14.9. The van der Waals surface area contributed by atoms with Crippen molar-refractivity contribution < 1.29 is 67.4 Å². The summed E-state index contributed by atoms with van der Waals surface area (Å²) in [5.41, 5.74) is 5.85. The predicted molar refractivity (Wildman–Crippen MR) is 258 cm³/mol. The van der Waals surface area contributed by atoms with Crippen LogP contribution in [0.4, 0.5) is 0 Å². The van der Waals surface area contributed by atoms with Crippen molar-refractivity contribution in [2.24, 2.45) is 17.6 Å². The third-order valence-corrected chi connectivity index (χ3v) is 14.8. The fourth-order valence-corrected chi connectivity index (χ4v) is 9.81. The van der Waals surface area contributed by atoms with E-state index in [-0.39, 0.29) is 22.7 Å². The summed E-state index contributed by atoms with van der Waals surface area (Å²) in [6, 6.07) is -5.07. The summed E-state index contributed by atoms with van der Waals surface area (Å²) in [5, 5.41) is 49.3. The summed E-state index contributed by atoms with van der Waals surface area (Å²) in [6.45, 7) is 8.78. The molecule has 3 aliphatic heterocycles. The Morgan fingerprint density at radius 3 is 2.21 bits per heavy atom. The molecule has 1 saturated heterocycles. The number of carbonyl (C=O) groups excluding carboxylic acids is 9. The number of fused-ring (bicyclic) bond motifs is 5. The van der Waals surface area contributed by atoms with Crippen LogP contribution in [-0.2, 0) is 60.4 Å². The summed E-state index contributed by atoms with van der Waals surface area (Å²) in [4.78, 5) is 131. The molecule has 9 amide bonds. The number of hydrogen-bond acceptors (Lipinski definition) is 15. The summed E-state index contributed by atoms with van der Waals surface area (Å²) in [5.74, 6) is -11.3. The second-order valence-electron chi connectivity index (χ2n) is 19.6. The lowest BCUT2D eigenvalue weighted by Crippen LogP contribution is -2.62. The lowest BCUT2D eigenvalue weighted by Gasteiger charge is -2.32. The van der Waals surface area contributed by atoms with E-state index in [2.05, 4.69) is 47.1 Å². The van der Waals surface area contributed by atoms with Crippen molar-refractivity contribution in [3.05, 3.63) is 23.8 Å². The van der Waals surface area contributed by atoms with Gasteiger partial charge in [-0.3, -0.25) is 52.3 Å². The molecule has 0 aliphatic carbocycles. The number of benzene rings is 1. The van der Waals surface area contributed by atoms with Gasteiger partial charge in [0.2, 0.25) is 53.2 Å². The molecule has 3 aliphatic rings. The van der Waals surface area contributed by atoms with Crippen LogP contribution in [0, 0.1) is 11.8 Å². The van der Waals surface area contributed by atoms with Crippen LogP contribution in [0.1, 0.15) is 66.4 Å². The molecule has 1 aromatic carbocycles. The highest BCUT2D eigenvalue weighted by molar-refractivity contribution is 7.85. The van der Waals surface area contributed by atoms with E-state index in [4.69, 9.17) is 10.5 Å². The number of aliphatic hydroxyl groups excluding tert-OH is 3. The zero-order valence-electron chi connectivity index (χ0n) is 41.5. The van der Waals surface area contributed by atoms with Crippen LogP contribution < -0.4 is 47.7 Å². The van der Waals surface area contributed by atoms with E-state index in [1.165, 1.54) is 6.92 Å². The van der Waals surface area contributed by atoms with E-state index in [0.717, 1.165) is 4.90 Å². The van der Waals surface area contributed by atoms with Crippen molar-refractivity contribution in [3.8, 4) is 5.75 Å². The first-order valence-electron chi connectivity index (χ1n) is 23.8. The first kappa shape index (κ1) is 56.7. The van der Waals surface area contributed by atoms with Crippen LogP contribution in [0.2, 0.25) is 0 Å². The molecule has 11 atom stereocenters. The number of aromatic nitrogens is 1. The third-order valence-electron chi connectivity index (χ3n) is 13.4. The summed E-state index contributed by atoms with van der Waals surface area (Å²) >= 11 is 0. The van der Waals surface area contributed by atoms with Crippen LogP contribution in [0.25, 0.3) is 10.9 Å². The van der Waals surface area contributed by atoms with Crippen molar-refractivity contribution in [1.82, 2.24) is 52.0 Å². The van der Waals surface area contributed by atoms with E-state index in [9.17, 15) is 62.7 Å². The Labute approximate surface area is 418 Å². The molecule has 1 fully saturated rings. The number of amides is 9. The van der Waals surface area contributed by atoms with Crippen molar-refractivity contribution in [1.29, 1.82) is 0 Å². The standard InChI is InChI=1S/C46H69N11O14S/c1-8-22(2)37-42(67)49-17-35(62)50-31-21-72(70)44-27(26-10-9-25(14-28(26)53-44)71-12-11-56(7)46(4,5)6)15-29(39(64)48-18-36(63)54-37)51-43(68)38(23(3)33(60)20-58)55-41(66)32-13-24(59)19-57(32)45(69)30(16-34(47)61)52-40(31)65/h9-10,14,22-24,29-33,37-38,53,58-60H,8,11-13,15-21H2,1-7H3,(H2,47,61)(H,48,64)(H,49,67)(H,50,62)(H,51,68)(H,52,65)(H,54,63)(H,55,66)/t22-,23-,24+,29-,30-,31-,32-,33-,37-,38-,72?/m0/s1. The topological polar surface area (TPSA) is 373 Å². The average Bonchev–Trinajstić information content (AvgIpc) is 3.90. The monoisotopic (exact) mass is 1030 g/mol. The molecule has 26 heteroatoms. The Kier molecular flexibility index (Phi) is 19.3. The number of likely N-dealkylation sites (N-methyl/N-ethyl adjacent to an activating group) is 1. The first-order valence-corrected chi connectivity index (χ1v) is 25.1. The predicted octanol–water partition coefficient (Wildman–Crippen LogP) is -4.52. The number of aromatic amines is 1. The van der Waals surface area contributed by atoms with Crippen LogP contribution in [-0.4, -0.2) is 194 Å². The van der Waals surface area contributed by atoms with Gasteiger partial charge in [-0.25, -0.2) is 0 Å². The molecule has 398 valence electrons. The highest BCUT2D eigenvalue weighted by atomic mass is 32.2. The second-order valence-corrected chi connectivity index (χ2v) is 21.0. The highest BCUT2D eigenvalue weighted by Gasteiger charge is 2.45. The Hall–Kier alpha value is -6.22. The fraction of sp³-hybridized carbons (Fsp3) is 0.630. The van der Waals surface area contributed by atoms with E-state index < -0.39 is 176 Å². The van der Waals surface area contributed by atoms with Gasteiger partial charge in [0.05, 0.1) is 60.4 Å². The van der Waals surface area contributed by atoms with E-state index >= 15 is 0 Å². The van der Waals surface area contributed by atoms with E-state index in [1.807, 2.05) is 27.8 Å². The zero-order valence-corrected chi connectivity index (χ0v) is 42.3. The number of nitrogens with two attached hydrogens (primary N) is 1. The first-order chi connectivity index (χ1) is 33.8. The SMILES string of the molecule is CC[C@H](C)[C@@H]1NC(=O)CNC(=O)[C@@H]2Cc3c([nH]c4cc(OCCN(C)C(C)(C)C)ccc34)S(=O)C[C@H](NC(=O)CNC1=O)C(=O)N[C@@H](CC(N)=O)C(=O)N1C[C@H](O)C[C@H]1C(=O)N[C@@H]([C@@H](C)[C@@H](O)CO)C(=O)N2. The largest absolute Gasteiger partial charge is 0.492 e. The number of primary amides is 1. The lowest BCUT2D eigenvalue weighted by molar-refractivity contribution is -0.144. The number of nitrogens with one attached hydrogen (secondary N) is 8. The van der Waals surface area contributed by atoms with Crippen molar-refractivity contribution in [3.63, 3.8) is 0 Å². The van der Waals surface area contributed by atoms with Crippen LogP contribution in [0.5, 0.6) is 5.75 Å². The molecule has 2 aromatic rings. The normalized spacial score (nSPS) is 27.0. The van der Waals surface area contributed by atoms with Gasteiger partial charge < -0.3 is 72.9 Å². The fourth-order valence-electron chi connectivity index (χ4n) is 8.42. The smallest absolute Gasteiger partial charge is 0.246 e. The molecule has 25 nitrogen and oxygen atoms in total. The lowest BCUT2D eigenvalue weighted by atomic mass is 9.93. The molecule has 0 radical (unpaired) electrons. The van der Waals surface area contributed by atoms with Gasteiger partial charge in [-0.05, 0) is 51.4 Å². The molecule has 1 unspecified atom stereocenters. The molecule has 13 N–H and O–H groups in total. The Bertz CT molecular complexity index is 2410. The molecular formula is C46H69N11O14S. The highest BCUT2D eigenvalue weighted by Crippen LogP contribution is 2.31. The molecular weight excluding hydrogens is 963 g/mol. The Morgan fingerprint density at radius 1 is 0.903 bits per heavy atom. The van der Waals surface area contributed by atoms with Gasteiger partial charge in [-0.15, -0.1) is 0 Å². The van der Waals surface area contributed by atoms with Gasteiger partial charge in [0.1, 0.15) is 53.6 Å². The summed E-state index contributed by atoms with van der Waals surface area (Å²) < 4.78 is 21.0. The van der Waals surface area contributed by atoms with Gasteiger partial charge in [-0.1, -0.05) is 27.2 Å². The van der Waals surface area contributed by atoms with E-state index in [1.54, 1.807) is 32.0 Å². The van der Waals surface area contributed by atoms with Crippen molar-refractivity contribution in [2.75, 3.05) is 52.2 Å². The maximum Gasteiger partial charge on any atom is 0.246 e. The molecule has 4 heterocycles. The van der Waals surface area contributed by atoms with Gasteiger partial charge >= 0.3 is 0 Å². The summed E-state index contributed by atoms with van der Waals surface area (Å²) in [7, 11) is -0.429. The van der Waals surface area contributed by atoms with Crippen LogP contribution in [0.15, 0.2) is 23.2 Å². The minimum Gasteiger partial charge on any atom is -0.492 e. The van der Waals surface area contributed by atoms with Gasteiger partial charge in [0.15, 0.2) is 0 Å². The third kappa shape index (κ3) is 14.3. The molecule has 0 saturated carbocycles. The van der Waals surface area contributed by atoms with Crippen molar-refractivity contribution in [2.45, 2.75) is 126 Å². The number of ether oxygens (including phenoxy) is 1. The number of H-pyrrole nitrogens is 1. The molecule has 2 bridgehead atoms. The molecule has 72 heavy (non-hydrogen) atoms. The number of carbonyl (C=O) groups is 9. The Balaban J connectivity index is 1.73. The molecule has 1 aromatic heterocycles. The van der Waals surface area contributed by atoms with Gasteiger partial charge in [0, 0.05) is 48.8 Å². The second kappa shape index (κ2) is 24.5. The number of hydrogen-bond donors (Lipinski definition) is 12. The molecule has 0 spiro atoms. The van der Waals surface area contributed by atoms with Gasteiger partial charge in [0.25, 0.3) is 0 Å².